The van der Waals surface area contributed by atoms with Gasteiger partial charge in [0.25, 0.3) is 0 Å². The summed E-state index contributed by atoms with van der Waals surface area (Å²) in [5.41, 5.74) is 15.4. The molecule has 144 valence electrons. The molecule has 0 radical (unpaired) electrons. The van der Waals surface area contributed by atoms with Crippen LogP contribution in [0.25, 0.3) is 43.8 Å². The summed E-state index contributed by atoms with van der Waals surface area (Å²) >= 11 is 1.70. The van der Waals surface area contributed by atoms with E-state index in [1.165, 1.54) is 16.0 Å². The number of hydrogen-bond acceptors (Lipinski definition) is 3. The van der Waals surface area contributed by atoms with Crippen LogP contribution in [-0.4, -0.2) is 4.98 Å². The van der Waals surface area contributed by atoms with E-state index in [-0.39, 0.29) is 0 Å². The van der Waals surface area contributed by atoms with E-state index in [9.17, 15) is 0 Å². The van der Waals surface area contributed by atoms with Gasteiger partial charge in [-0.3, -0.25) is 4.98 Å². The summed E-state index contributed by atoms with van der Waals surface area (Å²) in [5.74, 6) is 0. The molecule has 2 N–H and O–H groups in total. The first-order chi connectivity index (χ1) is 14.8. The highest BCUT2D eigenvalue weighted by atomic mass is 32.1. The van der Waals surface area contributed by atoms with E-state index in [1.807, 2.05) is 30.6 Å². The molecule has 0 unspecified atom stereocenters. The molecule has 3 aromatic carbocycles. The van der Waals surface area contributed by atoms with Gasteiger partial charge in [0.2, 0.25) is 0 Å². The van der Waals surface area contributed by atoms with Gasteiger partial charge in [-0.25, -0.2) is 0 Å². The van der Waals surface area contributed by atoms with E-state index in [2.05, 4.69) is 83.2 Å². The van der Waals surface area contributed by atoms with Crippen LogP contribution in [0.15, 0.2) is 109 Å². The summed E-state index contributed by atoms with van der Waals surface area (Å²) < 4.78 is 0. The van der Waals surface area contributed by atoms with Crippen LogP contribution in [0.5, 0.6) is 0 Å². The molecule has 0 atom stereocenters. The van der Waals surface area contributed by atoms with Gasteiger partial charge < -0.3 is 5.73 Å². The number of benzene rings is 3. The molecule has 3 heteroatoms. The fourth-order valence-corrected chi connectivity index (χ4v) is 4.58. The molecule has 0 saturated carbocycles. The van der Waals surface area contributed by atoms with Crippen molar-refractivity contribution < 1.29 is 0 Å². The maximum absolute atomic E-state index is 6.75. The zero-order valence-electron chi connectivity index (χ0n) is 16.3. The van der Waals surface area contributed by atoms with Crippen molar-refractivity contribution in [3.05, 3.63) is 109 Å². The van der Waals surface area contributed by atoms with Gasteiger partial charge >= 0.3 is 0 Å². The second kappa shape index (κ2) is 7.97. The Balaban J connectivity index is 1.66. The zero-order valence-corrected chi connectivity index (χ0v) is 17.1. The van der Waals surface area contributed by atoms with Gasteiger partial charge in [0.15, 0.2) is 0 Å². The van der Waals surface area contributed by atoms with E-state index < -0.39 is 0 Å². The highest BCUT2D eigenvalue weighted by molar-refractivity contribution is 7.13. The largest absolute Gasteiger partial charge is 0.398 e. The van der Waals surface area contributed by atoms with Crippen LogP contribution in [0.2, 0.25) is 0 Å². The summed E-state index contributed by atoms with van der Waals surface area (Å²) in [7, 11) is 0. The maximum Gasteiger partial charge on any atom is 0.0487 e. The van der Waals surface area contributed by atoms with Gasteiger partial charge in [-0.15, -0.1) is 11.3 Å². The number of nitrogen functional groups attached to an aromatic ring is 1. The monoisotopic (exact) mass is 404 g/mol. The van der Waals surface area contributed by atoms with Gasteiger partial charge in [-0.2, -0.15) is 0 Å². The minimum absolute atomic E-state index is 0.799. The van der Waals surface area contributed by atoms with E-state index in [0.29, 0.717) is 0 Å². The minimum Gasteiger partial charge on any atom is -0.398 e. The highest BCUT2D eigenvalue weighted by Crippen LogP contribution is 2.43. The summed E-state index contributed by atoms with van der Waals surface area (Å²) in [6, 6.07) is 31.6. The highest BCUT2D eigenvalue weighted by Gasteiger charge is 2.16. The third-order valence-corrected chi connectivity index (χ3v) is 6.21. The summed E-state index contributed by atoms with van der Waals surface area (Å²) in [6.07, 6.45) is 3.63. The Morgan fingerprint density at radius 2 is 1.23 bits per heavy atom. The quantitative estimate of drug-likeness (QED) is 0.317. The molecule has 2 aromatic heterocycles. The molecule has 5 aromatic rings. The summed E-state index contributed by atoms with van der Waals surface area (Å²) in [5, 5.41) is 2.08. The van der Waals surface area contributed by atoms with Crippen LogP contribution >= 0.6 is 11.3 Å². The van der Waals surface area contributed by atoms with Gasteiger partial charge in [0.05, 0.1) is 0 Å². The van der Waals surface area contributed by atoms with Crippen LogP contribution in [0.3, 0.4) is 0 Å². The molecule has 30 heavy (non-hydrogen) atoms. The van der Waals surface area contributed by atoms with Crippen LogP contribution in [0.4, 0.5) is 5.69 Å². The third kappa shape index (κ3) is 3.40. The van der Waals surface area contributed by atoms with E-state index >= 15 is 0 Å². The first-order valence-corrected chi connectivity index (χ1v) is 10.7. The normalized spacial score (nSPS) is 10.8. The molecule has 2 heterocycles. The standard InChI is InChI=1S/C27H20N2S/c28-27-24(25-7-4-18-30-25)13-12-23(26(27)22-14-16-29-17-15-22)21-10-8-20(9-11-21)19-5-2-1-3-6-19/h1-18H,28H2. The first kappa shape index (κ1) is 18.3. The fraction of sp³-hybridized carbons (Fsp3) is 0. The number of aromatic nitrogens is 1. The van der Waals surface area contributed by atoms with E-state index in [4.69, 9.17) is 5.73 Å². The van der Waals surface area contributed by atoms with Crippen LogP contribution in [0, 0.1) is 0 Å². The second-order valence-corrected chi connectivity index (χ2v) is 8.05. The Morgan fingerprint density at radius 3 is 1.93 bits per heavy atom. The van der Waals surface area contributed by atoms with Gasteiger partial charge in [0, 0.05) is 34.1 Å². The molecule has 0 amide bonds. The van der Waals surface area contributed by atoms with Crippen molar-refractivity contribution in [3.8, 4) is 43.8 Å². The minimum atomic E-state index is 0.799. The lowest BCUT2D eigenvalue weighted by Gasteiger charge is -2.16. The molecule has 0 fully saturated rings. The maximum atomic E-state index is 6.75. The number of rotatable bonds is 4. The zero-order chi connectivity index (χ0) is 20.3. The van der Waals surface area contributed by atoms with Gasteiger partial charge in [-0.05, 0) is 51.4 Å². The molecule has 5 rings (SSSR count). The van der Waals surface area contributed by atoms with Crippen LogP contribution < -0.4 is 5.73 Å². The predicted molar refractivity (Wildman–Crippen MR) is 128 cm³/mol. The van der Waals surface area contributed by atoms with Crippen LogP contribution in [-0.2, 0) is 0 Å². The lowest BCUT2D eigenvalue weighted by molar-refractivity contribution is 1.33. The topological polar surface area (TPSA) is 38.9 Å². The Kier molecular flexibility index (Phi) is 4.88. The van der Waals surface area contributed by atoms with Crippen molar-refractivity contribution in [2.45, 2.75) is 0 Å². The Bertz CT molecular complexity index is 1260. The Labute approximate surface area is 180 Å². The number of pyridine rings is 1. The molecule has 0 spiro atoms. The molecule has 0 aliphatic carbocycles. The van der Waals surface area contributed by atoms with E-state index in [0.717, 1.165) is 33.5 Å². The molecule has 2 nitrogen and oxygen atoms in total. The lowest BCUT2D eigenvalue weighted by atomic mass is 9.90. The van der Waals surface area contributed by atoms with Crippen LogP contribution in [0.1, 0.15) is 0 Å². The van der Waals surface area contributed by atoms with Crippen molar-refractivity contribution in [2.75, 3.05) is 5.73 Å². The second-order valence-electron chi connectivity index (χ2n) is 7.11. The van der Waals surface area contributed by atoms with Gasteiger partial charge in [-0.1, -0.05) is 72.8 Å². The van der Waals surface area contributed by atoms with Crippen molar-refractivity contribution >= 4 is 17.0 Å². The Morgan fingerprint density at radius 1 is 0.567 bits per heavy atom. The summed E-state index contributed by atoms with van der Waals surface area (Å²) in [4.78, 5) is 5.36. The molecule has 0 bridgehead atoms. The smallest absolute Gasteiger partial charge is 0.0487 e. The summed E-state index contributed by atoms with van der Waals surface area (Å²) in [6.45, 7) is 0. The average Bonchev–Trinajstić information content (AvgIpc) is 3.35. The number of nitrogens with zero attached hydrogens (tertiary/aromatic N) is 1. The Hall–Kier alpha value is -3.69. The molecular weight excluding hydrogens is 384 g/mol. The van der Waals surface area contributed by atoms with Crippen molar-refractivity contribution in [1.82, 2.24) is 4.98 Å². The average molecular weight is 405 g/mol. The lowest BCUT2D eigenvalue weighted by Crippen LogP contribution is -1.97. The fourth-order valence-electron chi connectivity index (χ4n) is 3.81. The molecular formula is C27H20N2S. The molecule has 0 aliphatic rings. The number of thiophene rings is 1. The van der Waals surface area contributed by atoms with Crippen molar-refractivity contribution in [3.63, 3.8) is 0 Å². The number of hydrogen-bond donors (Lipinski definition) is 1. The third-order valence-electron chi connectivity index (χ3n) is 5.30. The van der Waals surface area contributed by atoms with Gasteiger partial charge in [0.1, 0.15) is 0 Å². The first-order valence-electron chi connectivity index (χ1n) is 9.84. The number of anilines is 1. The molecule has 0 aliphatic heterocycles. The van der Waals surface area contributed by atoms with Crippen molar-refractivity contribution in [2.24, 2.45) is 0 Å². The van der Waals surface area contributed by atoms with E-state index in [1.54, 1.807) is 11.3 Å². The van der Waals surface area contributed by atoms with Crippen molar-refractivity contribution in [1.29, 1.82) is 0 Å². The predicted octanol–water partition coefficient (Wildman–Crippen LogP) is 7.39. The SMILES string of the molecule is Nc1c(-c2cccs2)ccc(-c2ccc(-c3ccccc3)cc2)c1-c1ccncc1. The number of nitrogens with two attached hydrogens (primary N) is 1. The molecule has 0 saturated heterocycles.